The van der Waals surface area contributed by atoms with Gasteiger partial charge in [0.25, 0.3) is 0 Å². The van der Waals surface area contributed by atoms with E-state index in [2.05, 4.69) is 5.32 Å². The van der Waals surface area contributed by atoms with Crippen LogP contribution in [0.4, 0.5) is 10.1 Å². The highest BCUT2D eigenvalue weighted by Crippen LogP contribution is 2.39. The molecule has 1 amide bonds. The normalized spacial score (nSPS) is 17.8. The molecule has 0 spiro atoms. The van der Waals surface area contributed by atoms with Crippen LogP contribution in [-0.4, -0.2) is 32.7 Å². The number of hydrogen-bond donors (Lipinski definition) is 1. The molecule has 1 unspecified atom stereocenters. The fraction of sp³-hybridized carbons (Fsp3) is 0.350. The summed E-state index contributed by atoms with van der Waals surface area (Å²) in [5, 5.41) is 2.67. The third kappa shape index (κ3) is 5.00. The van der Waals surface area contributed by atoms with Crippen LogP contribution >= 0.6 is 11.6 Å². The average Bonchev–Trinajstić information content (AvgIpc) is 2.60. The molecule has 3 rings (SSSR count). The van der Waals surface area contributed by atoms with E-state index in [9.17, 15) is 17.6 Å². The Morgan fingerprint density at radius 2 is 2.00 bits per heavy atom. The molecule has 156 valence electrons. The fourth-order valence-electron chi connectivity index (χ4n) is 3.34. The zero-order valence-electron chi connectivity index (χ0n) is 16.3. The standard InChI is InChI=1S/C20H22ClFN2O4S/c1-20(2)11-17(14-6-4-5-7-18(14)28-20)23-19(25)12-24(29(3,26)27)13-8-9-16(22)15(21)10-13/h4-10,17H,11-12H2,1-3H3,(H,23,25). The number of sulfonamides is 1. The predicted molar refractivity (Wildman–Crippen MR) is 110 cm³/mol. The molecule has 1 heterocycles. The highest BCUT2D eigenvalue weighted by atomic mass is 35.5. The number of halogens is 2. The lowest BCUT2D eigenvalue weighted by atomic mass is 9.89. The lowest BCUT2D eigenvalue weighted by Gasteiger charge is -2.38. The summed E-state index contributed by atoms with van der Waals surface area (Å²) in [5.41, 5.74) is 0.450. The fourth-order valence-corrected chi connectivity index (χ4v) is 4.36. The van der Waals surface area contributed by atoms with E-state index in [4.69, 9.17) is 16.3 Å². The van der Waals surface area contributed by atoms with Crippen LogP contribution in [-0.2, 0) is 14.8 Å². The van der Waals surface area contributed by atoms with Crippen molar-refractivity contribution < 1.29 is 22.3 Å². The number of nitrogens with one attached hydrogen (secondary N) is 1. The molecule has 2 aromatic carbocycles. The van der Waals surface area contributed by atoms with Gasteiger partial charge in [-0.3, -0.25) is 9.10 Å². The highest BCUT2D eigenvalue weighted by Gasteiger charge is 2.35. The number of benzene rings is 2. The van der Waals surface area contributed by atoms with Gasteiger partial charge in [0.1, 0.15) is 23.7 Å². The Morgan fingerprint density at radius 3 is 2.66 bits per heavy atom. The van der Waals surface area contributed by atoms with Crippen LogP contribution in [0, 0.1) is 5.82 Å². The molecule has 1 aliphatic heterocycles. The molecule has 0 saturated heterocycles. The molecule has 0 aromatic heterocycles. The van der Waals surface area contributed by atoms with E-state index >= 15 is 0 Å². The van der Waals surface area contributed by atoms with Crippen molar-refractivity contribution in [3.63, 3.8) is 0 Å². The van der Waals surface area contributed by atoms with Crippen LogP contribution in [0.3, 0.4) is 0 Å². The third-order valence-electron chi connectivity index (χ3n) is 4.59. The molecule has 0 fully saturated rings. The minimum absolute atomic E-state index is 0.113. The second kappa shape index (κ2) is 7.84. The van der Waals surface area contributed by atoms with Crippen LogP contribution in [0.1, 0.15) is 31.9 Å². The Kier molecular flexibility index (Phi) is 5.78. The van der Waals surface area contributed by atoms with Crippen molar-refractivity contribution in [2.45, 2.75) is 31.9 Å². The van der Waals surface area contributed by atoms with Gasteiger partial charge in [0.2, 0.25) is 15.9 Å². The first-order chi connectivity index (χ1) is 13.5. The van der Waals surface area contributed by atoms with Gasteiger partial charge < -0.3 is 10.1 Å². The number of hydrogen-bond acceptors (Lipinski definition) is 4. The summed E-state index contributed by atoms with van der Waals surface area (Å²) in [6.07, 6.45) is 1.50. The number of fused-ring (bicyclic) bond motifs is 1. The van der Waals surface area contributed by atoms with Crippen molar-refractivity contribution in [1.29, 1.82) is 0 Å². The SMILES string of the molecule is CC1(C)CC(NC(=O)CN(c2ccc(F)c(Cl)c2)S(C)(=O)=O)c2ccccc2O1. The highest BCUT2D eigenvalue weighted by molar-refractivity contribution is 7.92. The Balaban J connectivity index is 1.83. The van der Waals surface area contributed by atoms with Gasteiger partial charge >= 0.3 is 0 Å². The van der Waals surface area contributed by atoms with Gasteiger partial charge in [-0.2, -0.15) is 0 Å². The molecule has 1 N–H and O–H groups in total. The van der Waals surface area contributed by atoms with E-state index in [-0.39, 0.29) is 16.8 Å². The Bertz CT molecular complexity index is 1040. The number of amides is 1. The molecular formula is C20H22ClFN2O4S. The van der Waals surface area contributed by atoms with Gasteiger partial charge in [0, 0.05) is 12.0 Å². The number of ether oxygens (including phenoxy) is 1. The molecule has 1 atom stereocenters. The maximum atomic E-state index is 13.5. The molecule has 1 aliphatic rings. The van der Waals surface area contributed by atoms with Crippen molar-refractivity contribution in [1.82, 2.24) is 5.32 Å². The maximum Gasteiger partial charge on any atom is 0.241 e. The number of anilines is 1. The predicted octanol–water partition coefficient (Wildman–Crippen LogP) is 3.66. The van der Waals surface area contributed by atoms with E-state index in [0.717, 1.165) is 22.2 Å². The molecule has 0 aliphatic carbocycles. The summed E-state index contributed by atoms with van der Waals surface area (Å²) in [7, 11) is -3.80. The van der Waals surface area contributed by atoms with Crippen molar-refractivity contribution >= 4 is 33.2 Å². The number of nitrogens with zero attached hydrogens (tertiary/aromatic N) is 1. The summed E-state index contributed by atoms with van der Waals surface area (Å²) < 4.78 is 44.8. The second-order valence-electron chi connectivity index (χ2n) is 7.59. The van der Waals surface area contributed by atoms with Crippen LogP contribution in [0.5, 0.6) is 5.75 Å². The zero-order valence-corrected chi connectivity index (χ0v) is 17.8. The molecule has 0 bridgehead atoms. The molecule has 0 saturated carbocycles. The van der Waals surface area contributed by atoms with Crippen molar-refractivity contribution in [3.05, 3.63) is 58.9 Å². The van der Waals surface area contributed by atoms with Crippen molar-refractivity contribution in [3.8, 4) is 5.75 Å². The van der Waals surface area contributed by atoms with Crippen LogP contribution in [0.2, 0.25) is 5.02 Å². The number of para-hydroxylation sites is 1. The van der Waals surface area contributed by atoms with E-state index < -0.39 is 33.9 Å². The van der Waals surface area contributed by atoms with E-state index in [1.807, 2.05) is 38.1 Å². The largest absolute Gasteiger partial charge is 0.487 e. The number of rotatable bonds is 5. The summed E-state index contributed by atoms with van der Waals surface area (Å²) in [6.45, 7) is 3.39. The van der Waals surface area contributed by atoms with Gasteiger partial charge in [0.05, 0.1) is 23.0 Å². The third-order valence-corrected chi connectivity index (χ3v) is 6.02. The van der Waals surface area contributed by atoms with Gasteiger partial charge in [-0.05, 0) is 38.1 Å². The first-order valence-corrected chi connectivity index (χ1v) is 11.2. The van der Waals surface area contributed by atoms with Gasteiger partial charge in [-0.25, -0.2) is 12.8 Å². The topological polar surface area (TPSA) is 75.7 Å². The van der Waals surface area contributed by atoms with E-state index in [1.54, 1.807) is 0 Å². The molecule has 0 radical (unpaired) electrons. The van der Waals surface area contributed by atoms with Crippen LogP contribution in [0.25, 0.3) is 0 Å². The zero-order chi connectivity index (χ0) is 21.4. The monoisotopic (exact) mass is 440 g/mol. The molecule has 9 heteroatoms. The van der Waals surface area contributed by atoms with Gasteiger partial charge in [-0.15, -0.1) is 0 Å². The quantitative estimate of drug-likeness (QED) is 0.769. The Hall–Kier alpha value is -2.32. The molecule has 29 heavy (non-hydrogen) atoms. The Morgan fingerprint density at radius 1 is 1.31 bits per heavy atom. The van der Waals surface area contributed by atoms with E-state index in [0.29, 0.717) is 12.2 Å². The van der Waals surface area contributed by atoms with E-state index in [1.165, 1.54) is 12.1 Å². The molecular weight excluding hydrogens is 419 g/mol. The minimum Gasteiger partial charge on any atom is -0.487 e. The number of carbonyl (C=O) groups is 1. The van der Waals surface area contributed by atoms with Gasteiger partial charge in [0.15, 0.2) is 0 Å². The minimum atomic E-state index is -3.80. The van der Waals surface area contributed by atoms with Crippen molar-refractivity contribution in [2.75, 3.05) is 17.1 Å². The lowest BCUT2D eigenvalue weighted by molar-refractivity contribution is -0.120. The summed E-state index contributed by atoms with van der Waals surface area (Å²) >= 11 is 5.78. The number of carbonyl (C=O) groups excluding carboxylic acids is 1. The van der Waals surface area contributed by atoms with Gasteiger partial charge in [-0.1, -0.05) is 29.8 Å². The van der Waals surface area contributed by atoms with Crippen LogP contribution in [0.15, 0.2) is 42.5 Å². The average molecular weight is 441 g/mol. The Labute approximate surface area is 174 Å². The lowest BCUT2D eigenvalue weighted by Crippen LogP contribution is -2.45. The van der Waals surface area contributed by atoms with Crippen LogP contribution < -0.4 is 14.4 Å². The maximum absolute atomic E-state index is 13.5. The molecule has 6 nitrogen and oxygen atoms in total. The summed E-state index contributed by atoms with van der Waals surface area (Å²) in [5.74, 6) is -0.484. The van der Waals surface area contributed by atoms with Crippen molar-refractivity contribution in [2.24, 2.45) is 0 Å². The first-order valence-electron chi connectivity index (χ1n) is 8.96. The summed E-state index contributed by atoms with van der Waals surface area (Å²) in [6, 6.07) is 10.6. The second-order valence-corrected chi connectivity index (χ2v) is 9.91. The first kappa shape index (κ1) is 21.4. The molecule has 2 aromatic rings. The smallest absolute Gasteiger partial charge is 0.241 e. The summed E-state index contributed by atoms with van der Waals surface area (Å²) in [4.78, 5) is 12.7.